The molecule has 7 nitrogen and oxygen atoms in total. The fourth-order valence-electron chi connectivity index (χ4n) is 3.58. The van der Waals surface area contributed by atoms with Gasteiger partial charge in [0.25, 0.3) is 5.91 Å². The van der Waals surface area contributed by atoms with Crippen LogP contribution in [0.4, 0.5) is 0 Å². The molecule has 25 heavy (non-hydrogen) atoms. The molecule has 3 atom stereocenters. The largest absolute Gasteiger partial charge is 0.386 e. The maximum Gasteiger partial charge on any atom is 0.269 e. The number of oxime groups is 1. The number of likely N-dealkylation sites (tertiary alicyclic amines) is 1. The molecule has 0 radical (unpaired) electrons. The number of carbonyl (C=O) groups is 2. The Bertz CT molecular complexity index is 720. The lowest BCUT2D eigenvalue weighted by Gasteiger charge is -2.21. The molecule has 7 heteroatoms. The topological polar surface area (TPSA) is 83.9 Å². The number of amides is 2. The van der Waals surface area contributed by atoms with E-state index in [1.54, 1.807) is 12.4 Å². The highest BCUT2D eigenvalue weighted by atomic mass is 16.7. The maximum absolute atomic E-state index is 12.4. The van der Waals surface area contributed by atoms with Gasteiger partial charge in [0.05, 0.1) is 6.54 Å². The quantitative estimate of drug-likeness (QED) is 0.888. The summed E-state index contributed by atoms with van der Waals surface area (Å²) in [7, 11) is 0. The van der Waals surface area contributed by atoms with Crippen LogP contribution in [0.2, 0.25) is 0 Å². The summed E-state index contributed by atoms with van der Waals surface area (Å²) >= 11 is 0. The van der Waals surface area contributed by atoms with E-state index in [2.05, 4.69) is 22.4 Å². The van der Waals surface area contributed by atoms with Crippen LogP contribution in [0.5, 0.6) is 0 Å². The fraction of sp³-hybridized carbons (Fsp3) is 0.556. The zero-order valence-corrected chi connectivity index (χ0v) is 14.3. The van der Waals surface area contributed by atoms with E-state index in [4.69, 9.17) is 4.84 Å². The summed E-state index contributed by atoms with van der Waals surface area (Å²) in [5, 5.41) is 6.85. The normalized spacial score (nSPS) is 30.1. The van der Waals surface area contributed by atoms with Crippen LogP contribution in [0.15, 0.2) is 29.7 Å². The highest BCUT2D eigenvalue weighted by Crippen LogP contribution is 2.42. The predicted molar refractivity (Wildman–Crippen MR) is 90.4 cm³/mol. The Morgan fingerprint density at radius 1 is 1.48 bits per heavy atom. The van der Waals surface area contributed by atoms with E-state index in [1.165, 1.54) is 0 Å². The van der Waals surface area contributed by atoms with Gasteiger partial charge < -0.3 is 15.1 Å². The molecule has 1 N–H and O–H groups in total. The van der Waals surface area contributed by atoms with Crippen molar-refractivity contribution in [1.82, 2.24) is 15.2 Å². The minimum atomic E-state index is -0.519. The van der Waals surface area contributed by atoms with Crippen LogP contribution < -0.4 is 5.32 Å². The lowest BCUT2D eigenvalue weighted by atomic mass is 9.96. The second-order valence-electron chi connectivity index (χ2n) is 7.36. The highest BCUT2D eigenvalue weighted by Gasteiger charge is 2.51. The molecule has 1 aromatic rings. The van der Waals surface area contributed by atoms with Crippen molar-refractivity contribution < 1.29 is 14.4 Å². The first-order valence-electron chi connectivity index (χ1n) is 8.77. The van der Waals surface area contributed by atoms with E-state index in [-0.39, 0.29) is 17.7 Å². The number of nitrogens with zero attached hydrogens (tertiary/aromatic N) is 3. The summed E-state index contributed by atoms with van der Waals surface area (Å²) in [6, 6.07) is 3.73. The second-order valence-corrected chi connectivity index (χ2v) is 7.36. The van der Waals surface area contributed by atoms with E-state index in [0.29, 0.717) is 37.7 Å². The number of pyridine rings is 1. The molecule has 1 saturated carbocycles. The Balaban J connectivity index is 1.30. The second kappa shape index (κ2) is 6.13. The molecule has 4 rings (SSSR count). The zero-order chi connectivity index (χ0) is 17.4. The lowest BCUT2D eigenvalue weighted by molar-refractivity contribution is -0.133. The van der Waals surface area contributed by atoms with Crippen molar-refractivity contribution in [3.8, 4) is 0 Å². The van der Waals surface area contributed by atoms with E-state index >= 15 is 0 Å². The number of carbonyl (C=O) groups excluding carboxylic acids is 2. The molecule has 1 aliphatic carbocycles. The van der Waals surface area contributed by atoms with Gasteiger partial charge in [-0.15, -0.1) is 0 Å². The smallest absolute Gasteiger partial charge is 0.269 e. The Labute approximate surface area is 146 Å². The van der Waals surface area contributed by atoms with Crippen molar-refractivity contribution in [3.05, 3.63) is 30.1 Å². The molecule has 132 valence electrons. The lowest BCUT2D eigenvalue weighted by Crippen LogP contribution is -2.39. The Morgan fingerprint density at radius 2 is 2.32 bits per heavy atom. The minimum Gasteiger partial charge on any atom is -0.386 e. The van der Waals surface area contributed by atoms with E-state index in [1.807, 2.05) is 17.0 Å². The molecule has 1 saturated heterocycles. The van der Waals surface area contributed by atoms with E-state index in [0.717, 1.165) is 18.4 Å². The summed E-state index contributed by atoms with van der Waals surface area (Å²) < 4.78 is 0. The monoisotopic (exact) mass is 342 g/mol. The Morgan fingerprint density at radius 3 is 3.04 bits per heavy atom. The average Bonchev–Trinajstić information content (AvgIpc) is 3.05. The third-order valence-corrected chi connectivity index (χ3v) is 5.33. The van der Waals surface area contributed by atoms with Crippen LogP contribution in [-0.4, -0.2) is 46.1 Å². The predicted octanol–water partition coefficient (Wildman–Crippen LogP) is 1.10. The molecule has 1 aromatic heterocycles. The Kier molecular flexibility index (Phi) is 3.94. The fourth-order valence-corrected chi connectivity index (χ4v) is 3.58. The first-order valence-corrected chi connectivity index (χ1v) is 8.77. The van der Waals surface area contributed by atoms with E-state index in [9.17, 15) is 9.59 Å². The van der Waals surface area contributed by atoms with Gasteiger partial charge in [0, 0.05) is 44.2 Å². The van der Waals surface area contributed by atoms with Crippen molar-refractivity contribution in [3.63, 3.8) is 0 Å². The SMILES string of the molecule is C[C@@H]1C[C@H]1C(=O)N1CC[C@]2(CC(C(=O)NCc3cccnc3)=NO2)C1. The summed E-state index contributed by atoms with van der Waals surface area (Å²) in [6.45, 7) is 3.72. The van der Waals surface area contributed by atoms with Crippen LogP contribution in [0.3, 0.4) is 0 Å². The summed E-state index contributed by atoms with van der Waals surface area (Å²) in [5.41, 5.74) is 0.814. The number of nitrogens with one attached hydrogen (secondary N) is 1. The van der Waals surface area contributed by atoms with Crippen molar-refractivity contribution in [2.45, 2.75) is 38.3 Å². The molecule has 2 fully saturated rings. The van der Waals surface area contributed by atoms with Crippen molar-refractivity contribution in [1.29, 1.82) is 0 Å². The first-order chi connectivity index (χ1) is 12.1. The van der Waals surface area contributed by atoms with E-state index < -0.39 is 5.60 Å². The van der Waals surface area contributed by atoms with Gasteiger partial charge in [-0.1, -0.05) is 18.1 Å². The molecular formula is C18H22N4O3. The number of hydrogen-bond acceptors (Lipinski definition) is 5. The Hall–Kier alpha value is -2.44. The zero-order valence-electron chi connectivity index (χ0n) is 14.3. The molecule has 2 amide bonds. The van der Waals surface area contributed by atoms with Gasteiger partial charge in [-0.25, -0.2) is 0 Å². The van der Waals surface area contributed by atoms with Crippen molar-refractivity contribution >= 4 is 17.5 Å². The number of rotatable bonds is 4. The molecular weight excluding hydrogens is 320 g/mol. The van der Waals surface area contributed by atoms with Crippen LogP contribution in [-0.2, 0) is 21.0 Å². The summed E-state index contributed by atoms with van der Waals surface area (Å²) in [6.07, 6.45) is 5.58. The molecule has 0 aromatic carbocycles. The van der Waals surface area contributed by atoms with Gasteiger partial charge in [-0.3, -0.25) is 14.6 Å². The maximum atomic E-state index is 12.4. The molecule has 0 unspecified atom stereocenters. The standard InChI is InChI=1S/C18H22N4O3/c1-12-7-14(12)17(24)22-6-4-18(11-22)8-15(21-25-18)16(23)20-10-13-3-2-5-19-9-13/h2-3,5,9,12,14H,4,6-8,10-11H2,1H3,(H,20,23)/t12-,14-,18+/m1/s1. The van der Waals surface area contributed by atoms with Gasteiger partial charge in [0.2, 0.25) is 5.91 Å². The highest BCUT2D eigenvalue weighted by molar-refractivity contribution is 6.39. The first kappa shape index (κ1) is 16.1. The van der Waals surface area contributed by atoms with Crippen LogP contribution >= 0.6 is 0 Å². The van der Waals surface area contributed by atoms with Crippen molar-refractivity contribution in [2.24, 2.45) is 17.0 Å². The molecule has 3 aliphatic rings. The number of hydrogen-bond donors (Lipinski definition) is 1. The van der Waals surface area contributed by atoms with Gasteiger partial charge in [0.1, 0.15) is 5.71 Å². The van der Waals surface area contributed by atoms with Gasteiger partial charge in [0.15, 0.2) is 5.60 Å². The average molecular weight is 342 g/mol. The van der Waals surface area contributed by atoms with Crippen LogP contribution in [0.25, 0.3) is 0 Å². The summed E-state index contributed by atoms with van der Waals surface area (Å²) in [4.78, 5) is 36.2. The van der Waals surface area contributed by atoms with Gasteiger partial charge in [-0.2, -0.15) is 0 Å². The van der Waals surface area contributed by atoms with Crippen molar-refractivity contribution in [2.75, 3.05) is 13.1 Å². The molecule has 1 spiro atoms. The molecule has 3 heterocycles. The third kappa shape index (κ3) is 3.23. The minimum absolute atomic E-state index is 0.180. The molecule has 2 aliphatic heterocycles. The van der Waals surface area contributed by atoms with Gasteiger partial charge >= 0.3 is 0 Å². The van der Waals surface area contributed by atoms with Crippen LogP contribution in [0.1, 0.15) is 31.7 Å². The number of aromatic nitrogens is 1. The van der Waals surface area contributed by atoms with Gasteiger partial charge in [-0.05, 0) is 24.0 Å². The van der Waals surface area contributed by atoms with Crippen LogP contribution in [0, 0.1) is 11.8 Å². The third-order valence-electron chi connectivity index (χ3n) is 5.33. The molecule has 0 bridgehead atoms. The summed E-state index contributed by atoms with van der Waals surface area (Å²) in [5.74, 6) is 0.683.